The van der Waals surface area contributed by atoms with E-state index < -0.39 is 5.91 Å². The van der Waals surface area contributed by atoms with Crippen LogP contribution in [-0.4, -0.2) is 10.9 Å². The number of nitrogens with two attached hydrogens (primary N) is 2. The van der Waals surface area contributed by atoms with Crippen molar-refractivity contribution in [3.63, 3.8) is 0 Å². The lowest BCUT2D eigenvalue weighted by Gasteiger charge is -2.09. The van der Waals surface area contributed by atoms with Gasteiger partial charge in [0.15, 0.2) is 0 Å². The highest BCUT2D eigenvalue weighted by molar-refractivity contribution is 5.99. The van der Waals surface area contributed by atoms with Crippen molar-refractivity contribution in [2.24, 2.45) is 5.73 Å². The molecule has 1 aromatic carbocycles. The molecular formula is C13H14N4O. The Labute approximate surface area is 105 Å². The topological polar surface area (TPSA) is 94.0 Å². The smallest absolute Gasteiger partial charge is 0.250 e. The quantitative estimate of drug-likeness (QED) is 0.715. The summed E-state index contributed by atoms with van der Waals surface area (Å²) in [6.07, 6.45) is 3.47. The largest absolute Gasteiger partial charge is 0.398 e. The van der Waals surface area contributed by atoms with E-state index in [-0.39, 0.29) is 0 Å². The van der Waals surface area contributed by atoms with Gasteiger partial charge in [-0.1, -0.05) is 0 Å². The lowest BCUT2D eigenvalue weighted by Crippen LogP contribution is -2.13. The fourth-order valence-electron chi connectivity index (χ4n) is 1.64. The minimum atomic E-state index is -0.543. The third-order valence-electron chi connectivity index (χ3n) is 2.48. The number of aromatic nitrogens is 1. The standard InChI is InChI=1S/C13H14N4O/c1-8-4-10(7-16-6-8)17-9-2-3-12(14)11(5-9)13(15)18/h2-7,17H,14H2,1H3,(H2,15,18). The molecule has 0 saturated heterocycles. The van der Waals surface area contributed by atoms with E-state index in [1.54, 1.807) is 30.6 Å². The summed E-state index contributed by atoms with van der Waals surface area (Å²) in [5.41, 5.74) is 14.2. The van der Waals surface area contributed by atoms with E-state index in [1.807, 2.05) is 13.0 Å². The van der Waals surface area contributed by atoms with Gasteiger partial charge in [-0.15, -0.1) is 0 Å². The molecule has 0 unspecified atom stereocenters. The fourth-order valence-corrected chi connectivity index (χ4v) is 1.64. The zero-order valence-corrected chi connectivity index (χ0v) is 9.97. The molecule has 0 atom stereocenters. The number of anilines is 3. The van der Waals surface area contributed by atoms with Gasteiger partial charge < -0.3 is 16.8 Å². The van der Waals surface area contributed by atoms with E-state index in [2.05, 4.69) is 10.3 Å². The first-order chi connectivity index (χ1) is 8.56. The molecule has 0 aliphatic rings. The predicted octanol–water partition coefficient (Wildman–Crippen LogP) is 1.81. The minimum absolute atomic E-state index is 0.306. The molecule has 0 spiro atoms. The number of nitrogen functional groups attached to an aromatic ring is 1. The van der Waals surface area contributed by atoms with Gasteiger partial charge in [0.05, 0.1) is 17.4 Å². The van der Waals surface area contributed by atoms with Crippen LogP contribution in [0.5, 0.6) is 0 Å². The maximum atomic E-state index is 11.2. The van der Waals surface area contributed by atoms with Crippen LogP contribution in [0.2, 0.25) is 0 Å². The van der Waals surface area contributed by atoms with Gasteiger partial charge in [0.25, 0.3) is 5.91 Å². The molecule has 0 aliphatic carbocycles. The molecule has 2 rings (SSSR count). The van der Waals surface area contributed by atoms with E-state index in [1.165, 1.54) is 0 Å². The maximum absolute atomic E-state index is 11.2. The number of aryl methyl sites for hydroxylation is 1. The van der Waals surface area contributed by atoms with Gasteiger partial charge in [0, 0.05) is 17.6 Å². The zero-order valence-electron chi connectivity index (χ0n) is 9.97. The first-order valence-corrected chi connectivity index (χ1v) is 5.44. The number of benzene rings is 1. The van der Waals surface area contributed by atoms with Gasteiger partial charge in [0.1, 0.15) is 0 Å². The number of pyridine rings is 1. The summed E-state index contributed by atoms with van der Waals surface area (Å²) >= 11 is 0. The van der Waals surface area contributed by atoms with Gasteiger partial charge >= 0.3 is 0 Å². The number of hydrogen-bond donors (Lipinski definition) is 3. The van der Waals surface area contributed by atoms with E-state index in [0.717, 1.165) is 16.9 Å². The second-order valence-corrected chi connectivity index (χ2v) is 4.04. The van der Waals surface area contributed by atoms with Crippen molar-refractivity contribution in [3.05, 3.63) is 47.8 Å². The number of nitrogens with zero attached hydrogens (tertiary/aromatic N) is 1. The van der Waals surface area contributed by atoms with E-state index in [0.29, 0.717) is 11.3 Å². The molecule has 2 aromatic rings. The molecule has 1 aromatic heterocycles. The van der Waals surface area contributed by atoms with Gasteiger partial charge in [0.2, 0.25) is 0 Å². The molecule has 1 amide bonds. The van der Waals surface area contributed by atoms with Crippen LogP contribution in [0.1, 0.15) is 15.9 Å². The van der Waals surface area contributed by atoms with Gasteiger partial charge in [-0.3, -0.25) is 9.78 Å². The average Bonchev–Trinajstić information content (AvgIpc) is 2.31. The normalized spacial score (nSPS) is 10.1. The second kappa shape index (κ2) is 4.75. The summed E-state index contributed by atoms with van der Waals surface area (Å²) in [6.45, 7) is 1.95. The Hall–Kier alpha value is -2.56. The average molecular weight is 242 g/mol. The van der Waals surface area contributed by atoms with E-state index >= 15 is 0 Å². The number of carbonyl (C=O) groups excluding carboxylic acids is 1. The number of rotatable bonds is 3. The summed E-state index contributed by atoms with van der Waals surface area (Å²) in [5.74, 6) is -0.543. The molecule has 0 aliphatic heterocycles. The number of hydrogen-bond acceptors (Lipinski definition) is 4. The van der Waals surface area contributed by atoms with Crippen molar-refractivity contribution in [1.82, 2.24) is 4.98 Å². The Morgan fingerprint density at radius 1 is 1.22 bits per heavy atom. The predicted molar refractivity (Wildman–Crippen MR) is 71.6 cm³/mol. The Balaban J connectivity index is 2.30. The van der Waals surface area contributed by atoms with Crippen molar-refractivity contribution >= 4 is 23.0 Å². The van der Waals surface area contributed by atoms with Crippen LogP contribution >= 0.6 is 0 Å². The zero-order chi connectivity index (χ0) is 13.1. The summed E-state index contributed by atoms with van der Waals surface area (Å²) in [5, 5.41) is 3.14. The van der Waals surface area contributed by atoms with Gasteiger partial charge in [-0.2, -0.15) is 0 Å². The number of nitrogens with one attached hydrogen (secondary N) is 1. The molecular weight excluding hydrogens is 228 g/mol. The second-order valence-electron chi connectivity index (χ2n) is 4.04. The fraction of sp³-hybridized carbons (Fsp3) is 0.0769. The highest BCUT2D eigenvalue weighted by Crippen LogP contribution is 2.21. The Morgan fingerprint density at radius 2 is 2.00 bits per heavy atom. The Morgan fingerprint density at radius 3 is 2.67 bits per heavy atom. The lowest BCUT2D eigenvalue weighted by atomic mass is 10.1. The maximum Gasteiger partial charge on any atom is 0.250 e. The van der Waals surface area contributed by atoms with Gasteiger partial charge in [-0.25, -0.2) is 0 Å². The van der Waals surface area contributed by atoms with Crippen molar-refractivity contribution in [2.75, 3.05) is 11.1 Å². The SMILES string of the molecule is Cc1cncc(Nc2ccc(N)c(C(N)=O)c2)c1. The molecule has 0 bridgehead atoms. The summed E-state index contributed by atoms with van der Waals surface area (Å²) < 4.78 is 0. The van der Waals surface area contributed by atoms with Crippen LogP contribution in [0, 0.1) is 6.92 Å². The van der Waals surface area contributed by atoms with Gasteiger partial charge in [-0.05, 0) is 36.8 Å². The molecule has 5 nitrogen and oxygen atoms in total. The molecule has 0 radical (unpaired) electrons. The summed E-state index contributed by atoms with van der Waals surface area (Å²) in [7, 11) is 0. The van der Waals surface area contributed by atoms with E-state index in [4.69, 9.17) is 11.5 Å². The Bertz CT molecular complexity index is 595. The lowest BCUT2D eigenvalue weighted by molar-refractivity contribution is 0.100. The van der Waals surface area contributed by atoms with Crippen LogP contribution < -0.4 is 16.8 Å². The first-order valence-electron chi connectivity index (χ1n) is 5.44. The van der Waals surface area contributed by atoms with Crippen LogP contribution in [0.3, 0.4) is 0 Å². The van der Waals surface area contributed by atoms with Crippen molar-refractivity contribution in [3.8, 4) is 0 Å². The number of carbonyl (C=O) groups is 1. The van der Waals surface area contributed by atoms with Crippen molar-refractivity contribution in [1.29, 1.82) is 0 Å². The first kappa shape index (κ1) is 11.9. The summed E-state index contributed by atoms with van der Waals surface area (Å²) in [4.78, 5) is 15.3. The highest BCUT2D eigenvalue weighted by atomic mass is 16.1. The summed E-state index contributed by atoms with van der Waals surface area (Å²) in [6, 6.07) is 7.00. The van der Waals surface area contributed by atoms with Crippen LogP contribution in [0.15, 0.2) is 36.7 Å². The minimum Gasteiger partial charge on any atom is -0.398 e. The van der Waals surface area contributed by atoms with Crippen LogP contribution in [0.4, 0.5) is 17.1 Å². The molecule has 18 heavy (non-hydrogen) atoms. The monoisotopic (exact) mass is 242 g/mol. The third-order valence-corrected chi connectivity index (χ3v) is 2.48. The number of amides is 1. The molecule has 5 N–H and O–H groups in total. The number of primary amides is 1. The van der Waals surface area contributed by atoms with E-state index in [9.17, 15) is 4.79 Å². The van der Waals surface area contributed by atoms with Crippen molar-refractivity contribution in [2.45, 2.75) is 6.92 Å². The van der Waals surface area contributed by atoms with Crippen LogP contribution in [-0.2, 0) is 0 Å². The highest BCUT2D eigenvalue weighted by Gasteiger charge is 2.06. The Kier molecular flexibility index (Phi) is 3.14. The molecule has 0 fully saturated rings. The molecule has 92 valence electrons. The molecule has 5 heteroatoms. The van der Waals surface area contributed by atoms with Crippen LogP contribution in [0.25, 0.3) is 0 Å². The molecule has 0 saturated carbocycles. The molecule has 1 heterocycles. The van der Waals surface area contributed by atoms with Crippen molar-refractivity contribution < 1.29 is 4.79 Å². The third kappa shape index (κ3) is 2.57.